The molecular weight excluding hydrogens is 288 g/mol. The Bertz CT molecular complexity index is 220. The minimum atomic E-state index is 1.01. The largest absolute Gasteiger partial charge is 0.0654 e. The Balaban J connectivity index is 4.10. The first-order chi connectivity index (χ1) is 11.8. The topological polar surface area (TPSA) is 0 Å². The summed E-state index contributed by atoms with van der Waals surface area (Å²) in [7, 11) is 0. The maximum absolute atomic E-state index is 2.43. The third-order valence-corrected chi connectivity index (χ3v) is 5.89. The third kappa shape index (κ3) is 15.5. The highest BCUT2D eigenvalue weighted by Gasteiger charge is 2.15. The van der Waals surface area contributed by atoms with Crippen LogP contribution in [0, 0.1) is 11.8 Å². The molecule has 0 saturated carbocycles. The Morgan fingerprint density at radius 3 is 1.21 bits per heavy atom. The Kier molecular flexibility index (Phi) is 19.3. The van der Waals surface area contributed by atoms with E-state index in [0.29, 0.717) is 0 Å². The van der Waals surface area contributed by atoms with Gasteiger partial charge in [-0.2, -0.15) is 0 Å². The first kappa shape index (κ1) is 24.0. The van der Waals surface area contributed by atoms with E-state index >= 15 is 0 Å². The summed E-state index contributed by atoms with van der Waals surface area (Å²) >= 11 is 0. The zero-order valence-corrected chi connectivity index (χ0v) is 17.9. The lowest BCUT2D eigenvalue weighted by Crippen LogP contribution is -2.09. The van der Waals surface area contributed by atoms with E-state index in [1.54, 1.807) is 0 Å². The second-order valence-corrected chi connectivity index (χ2v) is 8.28. The Hall–Kier alpha value is 0. The summed E-state index contributed by atoms with van der Waals surface area (Å²) in [6.07, 6.45) is 26.2. The molecule has 0 fully saturated rings. The quantitative estimate of drug-likeness (QED) is 0.206. The summed E-state index contributed by atoms with van der Waals surface area (Å²) in [6, 6.07) is 0. The molecule has 0 aliphatic carbocycles. The highest BCUT2D eigenvalue weighted by atomic mass is 14.2. The van der Waals surface area contributed by atoms with E-state index < -0.39 is 0 Å². The SMILES string of the molecule is CCCCCCCC(CCCCCC)CC(CC)CCCCCC. The van der Waals surface area contributed by atoms with Crippen molar-refractivity contribution in [1.29, 1.82) is 0 Å². The molecule has 0 N–H and O–H groups in total. The predicted octanol–water partition coefficient (Wildman–Crippen LogP) is 9.32. The Morgan fingerprint density at radius 2 is 0.792 bits per heavy atom. The maximum Gasteiger partial charge on any atom is -0.0412 e. The van der Waals surface area contributed by atoms with E-state index in [2.05, 4.69) is 27.7 Å². The van der Waals surface area contributed by atoms with Crippen molar-refractivity contribution in [2.45, 2.75) is 143 Å². The van der Waals surface area contributed by atoms with Crippen molar-refractivity contribution in [2.24, 2.45) is 11.8 Å². The van der Waals surface area contributed by atoms with Crippen molar-refractivity contribution in [3.63, 3.8) is 0 Å². The second-order valence-electron chi connectivity index (χ2n) is 8.28. The summed E-state index contributed by atoms with van der Waals surface area (Å²) in [5.41, 5.74) is 0. The first-order valence-corrected chi connectivity index (χ1v) is 11.8. The van der Waals surface area contributed by atoms with Crippen LogP contribution in [0.3, 0.4) is 0 Å². The second kappa shape index (κ2) is 19.3. The molecule has 2 atom stereocenters. The van der Waals surface area contributed by atoms with Gasteiger partial charge >= 0.3 is 0 Å². The molecule has 0 rings (SSSR count). The van der Waals surface area contributed by atoms with Crippen LogP contribution in [0.5, 0.6) is 0 Å². The standard InChI is InChI=1S/C24H50/c1-5-9-12-15-18-21-24(20-17-14-11-7-3)22-23(8-4)19-16-13-10-6-2/h23-24H,5-22H2,1-4H3. The van der Waals surface area contributed by atoms with E-state index in [1.807, 2.05) is 0 Å². The molecule has 0 bridgehead atoms. The van der Waals surface area contributed by atoms with Crippen LogP contribution in [0.15, 0.2) is 0 Å². The van der Waals surface area contributed by atoms with Gasteiger partial charge in [-0.25, -0.2) is 0 Å². The van der Waals surface area contributed by atoms with E-state index in [4.69, 9.17) is 0 Å². The molecule has 2 unspecified atom stereocenters. The van der Waals surface area contributed by atoms with Gasteiger partial charge in [0.15, 0.2) is 0 Å². The van der Waals surface area contributed by atoms with Crippen molar-refractivity contribution in [3.8, 4) is 0 Å². The Labute approximate surface area is 155 Å². The zero-order valence-electron chi connectivity index (χ0n) is 17.9. The van der Waals surface area contributed by atoms with Gasteiger partial charge in [-0.3, -0.25) is 0 Å². The normalized spacial score (nSPS) is 14.0. The van der Waals surface area contributed by atoms with E-state index in [1.165, 1.54) is 116 Å². The van der Waals surface area contributed by atoms with Gasteiger partial charge in [-0.15, -0.1) is 0 Å². The zero-order chi connectivity index (χ0) is 17.9. The molecule has 0 heteroatoms. The predicted molar refractivity (Wildman–Crippen MR) is 113 cm³/mol. The average Bonchev–Trinajstić information content (AvgIpc) is 2.60. The van der Waals surface area contributed by atoms with Crippen LogP contribution in [0.25, 0.3) is 0 Å². The number of unbranched alkanes of at least 4 members (excludes halogenated alkanes) is 10. The van der Waals surface area contributed by atoms with Gasteiger partial charge in [0.1, 0.15) is 0 Å². The van der Waals surface area contributed by atoms with Gasteiger partial charge in [0.05, 0.1) is 0 Å². The molecule has 0 heterocycles. The van der Waals surface area contributed by atoms with E-state index in [9.17, 15) is 0 Å². The molecule has 0 spiro atoms. The molecule has 0 aliphatic rings. The number of hydrogen-bond donors (Lipinski definition) is 0. The van der Waals surface area contributed by atoms with Crippen LogP contribution in [0.1, 0.15) is 143 Å². The van der Waals surface area contributed by atoms with E-state index in [-0.39, 0.29) is 0 Å². The van der Waals surface area contributed by atoms with Crippen LogP contribution in [-0.2, 0) is 0 Å². The van der Waals surface area contributed by atoms with Crippen LogP contribution < -0.4 is 0 Å². The Morgan fingerprint density at radius 1 is 0.417 bits per heavy atom. The fourth-order valence-electron chi connectivity index (χ4n) is 4.10. The molecule has 0 aromatic heterocycles. The highest BCUT2D eigenvalue weighted by Crippen LogP contribution is 2.29. The van der Waals surface area contributed by atoms with Crippen LogP contribution in [0.4, 0.5) is 0 Å². The monoisotopic (exact) mass is 338 g/mol. The average molecular weight is 339 g/mol. The summed E-state index contributed by atoms with van der Waals surface area (Å²) in [5.74, 6) is 2.04. The molecule has 0 aliphatic heterocycles. The molecule has 0 aromatic carbocycles. The van der Waals surface area contributed by atoms with Gasteiger partial charge in [0.25, 0.3) is 0 Å². The summed E-state index contributed by atoms with van der Waals surface area (Å²) in [6.45, 7) is 9.40. The molecule has 0 aromatic rings. The molecule has 24 heavy (non-hydrogen) atoms. The van der Waals surface area contributed by atoms with Crippen molar-refractivity contribution < 1.29 is 0 Å². The van der Waals surface area contributed by atoms with Crippen LogP contribution in [-0.4, -0.2) is 0 Å². The molecular formula is C24H50. The smallest absolute Gasteiger partial charge is 0.0412 e. The summed E-state index contributed by atoms with van der Waals surface area (Å²) < 4.78 is 0. The van der Waals surface area contributed by atoms with Crippen molar-refractivity contribution in [2.75, 3.05) is 0 Å². The first-order valence-electron chi connectivity index (χ1n) is 11.8. The molecule has 0 nitrogen and oxygen atoms in total. The number of rotatable bonds is 19. The van der Waals surface area contributed by atoms with Crippen LogP contribution in [0.2, 0.25) is 0 Å². The summed E-state index contributed by atoms with van der Waals surface area (Å²) in [5, 5.41) is 0. The lowest BCUT2D eigenvalue weighted by Gasteiger charge is -2.23. The van der Waals surface area contributed by atoms with Gasteiger partial charge in [0.2, 0.25) is 0 Å². The molecule has 0 amide bonds. The molecule has 0 radical (unpaired) electrons. The van der Waals surface area contributed by atoms with Crippen LogP contribution >= 0.6 is 0 Å². The minimum Gasteiger partial charge on any atom is -0.0654 e. The summed E-state index contributed by atoms with van der Waals surface area (Å²) in [4.78, 5) is 0. The van der Waals surface area contributed by atoms with E-state index in [0.717, 1.165) is 11.8 Å². The maximum atomic E-state index is 2.43. The van der Waals surface area contributed by atoms with Crippen molar-refractivity contribution in [3.05, 3.63) is 0 Å². The highest BCUT2D eigenvalue weighted by molar-refractivity contribution is 4.67. The van der Waals surface area contributed by atoms with Gasteiger partial charge in [0, 0.05) is 0 Å². The fraction of sp³-hybridized carbons (Fsp3) is 1.00. The number of hydrogen-bond acceptors (Lipinski definition) is 0. The van der Waals surface area contributed by atoms with Gasteiger partial charge < -0.3 is 0 Å². The minimum absolute atomic E-state index is 1.01. The van der Waals surface area contributed by atoms with Gasteiger partial charge in [-0.1, -0.05) is 137 Å². The van der Waals surface area contributed by atoms with Crippen molar-refractivity contribution in [1.82, 2.24) is 0 Å². The molecule has 0 saturated heterocycles. The third-order valence-electron chi connectivity index (χ3n) is 5.89. The van der Waals surface area contributed by atoms with Gasteiger partial charge in [-0.05, 0) is 18.3 Å². The van der Waals surface area contributed by atoms with Crippen molar-refractivity contribution >= 4 is 0 Å². The lowest BCUT2D eigenvalue weighted by atomic mass is 9.83. The fourth-order valence-corrected chi connectivity index (χ4v) is 4.10. The molecule has 146 valence electrons. The lowest BCUT2D eigenvalue weighted by molar-refractivity contribution is 0.294.